The highest BCUT2D eigenvalue weighted by atomic mass is 79.9. The molecule has 1 aliphatic heterocycles. The van der Waals surface area contributed by atoms with Crippen LogP contribution in [0.15, 0.2) is 64.3 Å². The van der Waals surface area contributed by atoms with Crippen LogP contribution in [0.25, 0.3) is 0 Å². The number of aliphatic carboxylic acids is 1. The molecule has 1 amide bonds. The number of carbonyl (C=O) groups excluding carboxylic acids is 2. The molecule has 2 aromatic rings. The van der Waals surface area contributed by atoms with Crippen molar-refractivity contribution in [2.75, 3.05) is 19.0 Å². The van der Waals surface area contributed by atoms with E-state index in [0.29, 0.717) is 17.0 Å². The van der Waals surface area contributed by atoms with Gasteiger partial charge < -0.3 is 20.1 Å². The third-order valence-corrected chi connectivity index (χ3v) is 5.09. The average Bonchev–Trinajstić information content (AvgIpc) is 2.95. The van der Waals surface area contributed by atoms with E-state index >= 15 is 0 Å². The van der Waals surface area contributed by atoms with Crippen LogP contribution in [0.4, 0.5) is 5.69 Å². The molecule has 29 heavy (non-hydrogen) atoms. The fraction of sp³-hybridized carbons (Fsp3) is 0.190. The highest BCUT2D eigenvalue weighted by Crippen LogP contribution is 2.39. The summed E-state index contributed by atoms with van der Waals surface area (Å²) in [6.07, 6.45) is 0. The normalized spacial score (nSPS) is 16.2. The Morgan fingerprint density at radius 2 is 1.76 bits per heavy atom. The third-order valence-electron chi connectivity index (χ3n) is 4.56. The molecule has 8 heteroatoms. The summed E-state index contributed by atoms with van der Waals surface area (Å²) in [6.45, 7) is 0.846. The number of Topliss-reactive ketones (excluding diaryl/α,β-unsaturated/α-hetero) is 1. The van der Waals surface area contributed by atoms with Crippen LogP contribution in [0.3, 0.4) is 0 Å². The summed E-state index contributed by atoms with van der Waals surface area (Å²) in [6, 6.07) is 13.2. The minimum absolute atomic E-state index is 0.0804. The highest BCUT2D eigenvalue weighted by molar-refractivity contribution is 9.10. The van der Waals surface area contributed by atoms with Crippen LogP contribution in [0.2, 0.25) is 0 Å². The minimum Gasteiger partial charge on any atom is -0.497 e. The fourth-order valence-corrected chi connectivity index (χ4v) is 3.54. The maximum absolute atomic E-state index is 13.1. The Kier molecular flexibility index (Phi) is 6.03. The summed E-state index contributed by atoms with van der Waals surface area (Å²) >= 11 is 3.36. The number of anilines is 1. The van der Waals surface area contributed by atoms with Gasteiger partial charge in [-0.3, -0.25) is 14.4 Å². The van der Waals surface area contributed by atoms with E-state index in [1.165, 1.54) is 11.8 Å². The Balaban J connectivity index is 2.08. The van der Waals surface area contributed by atoms with Gasteiger partial charge in [0.05, 0.1) is 18.7 Å². The zero-order chi connectivity index (χ0) is 21.1. The molecule has 0 spiro atoms. The van der Waals surface area contributed by atoms with Gasteiger partial charge in [-0.25, -0.2) is 0 Å². The number of nitrogens with one attached hydrogen (secondary N) is 1. The van der Waals surface area contributed by atoms with Crippen molar-refractivity contribution in [2.24, 2.45) is 0 Å². The van der Waals surface area contributed by atoms with Crippen LogP contribution < -0.4 is 10.1 Å². The van der Waals surface area contributed by atoms with Crippen molar-refractivity contribution in [3.8, 4) is 5.75 Å². The van der Waals surface area contributed by atoms with Gasteiger partial charge in [0.1, 0.15) is 18.0 Å². The molecule has 0 fully saturated rings. The number of ether oxygens (including phenoxy) is 1. The number of amides is 1. The highest BCUT2D eigenvalue weighted by Gasteiger charge is 2.43. The number of rotatable bonds is 7. The van der Waals surface area contributed by atoms with Gasteiger partial charge in [0.15, 0.2) is 5.78 Å². The van der Waals surface area contributed by atoms with Gasteiger partial charge in [-0.1, -0.05) is 28.1 Å². The van der Waals surface area contributed by atoms with E-state index in [9.17, 15) is 19.5 Å². The molecule has 1 aliphatic rings. The molecule has 0 bridgehead atoms. The second kappa shape index (κ2) is 8.48. The molecule has 0 unspecified atom stereocenters. The lowest BCUT2D eigenvalue weighted by Crippen LogP contribution is -2.36. The summed E-state index contributed by atoms with van der Waals surface area (Å²) in [7, 11) is 1.55. The molecule has 0 aliphatic carbocycles. The Morgan fingerprint density at radius 3 is 2.28 bits per heavy atom. The first-order chi connectivity index (χ1) is 13.8. The molecule has 2 aromatic carbocycles. The molecule has 3 rings (SSSR count). The predicted octanol–water partition coefficient (Wildman–Crippen LogP) is 3.38. The van der Waals surface area contributed by atoms with E-state index in [-0.39, 0.29) is 17.1 Å². The number of ketones is 1. The maximum Gasteiger partial charge on any atom is 0.323 e. The van der Waals surface area contributed by atoms with Crippen LogP contribution in [0.1, 0.15) is 18.5 Å². The standard InChI is InChI=1S/C21H19BrN2O5/c1-12(25)18-19(23-15-7-9-16(29-2)10-8-15)21(28)24(11-17(26)27)20(18)13-3-5-14(22)6-4-13/h3-10,20,23H,11H2,1-2H3,(H,26,27)/t20-/m1/s1. The van der Waals surface area contributed by atoms with Gasteiger partial charge in [-0.15, -0.1) is 0 Å². The minimum atomic E-state index is -1.16. The number of methoxy groups -OCH3 is 1. The molecule has 150 valence electrons. The molecule has 0 saturated heterocycles. The predicted molar refractivity (Wildman–Crippen MR) is 111 cm³/mol. The van der Waals surface area contributed by atoms with Gasteiger partial charge >= 0.3 is 5.97 Å². The van der Waals surface area contributed by atoms with E-state index in [1.807, 2.05) is 0 Å². The van der Waals surface area contributed by atoms with Crippen LogP contribution in [-0.4, -0.2) is 41.3 Å². The topological polar surface area (TPSA) is 95.9 Å². The molecule has 1 atom stereocenters. The number of hydrogen-bond donors (Lipinski definition) is 2. The Morgan fingerprint density at radius 1 is 1.14 bits per heavy atom. The zero-order valence-corrected chi connectivity index (χ0v) is 17.4. The molecule has 2 N–H and O–H groups in total. The van der Waals surface area contributed by atoms with Gasteiger partial charge in [0.2, 0.25) is 0 Å². The second-order valence-corrected chi connectivity index (χ2v) is 7.39. The lowest BCUT2D eigenvalue weighted by Gasteiger charge is -2.25. The van der Waals surface area contributed by atoms with E-state index in [2.05, 4.69) is 21.2 Å². The SMILES string of the molecule is COc1ccc(NC2=C(C(C)=O)[C@@H](c3ccc(Br)cc3)N(CC(=O)O)C2=O)cc1. The number of carbonyl (C=O) groups is 3. The number of carboxylic acid groups (broad SMARTS) is 1. The Hall–Kier alpha value is -3.13. The monoisotopic (exact) mass is 458 g/mol. The Labute approximate surface area is 176 Å². The summed E-state index contributed by atoms with van der Waals surface area (Å²) in [5, 5.41) is 12.3. The first kappa shape index (κ1) is 20.6. The first-order valence-electron chi connectivity index (χ1n) is 8.76. The van der Waals surface area contributed by atoms with Gasteiger partial charge in [-0.2, -0.15) is 0 Å². The van der Waals surface area contributed by atoms with Gasteiger partial charge in [0.25, 0.3) is 5.91 Å². The molecule has 0 aromatic heterocycles. The van der Waals surface area contributed by atoms with E-state index < -0.39 is 24.5 Å². The van der Waals surface area contributed by atoms with Crippen LogP contribution in [-0.2, 0) is 14.4 Å². The maximum atomic E-state index is 13.1. The lowest BCUT2D eigenvalue weighted by atomic mass is 9.96. The van der Waals surface area contributed by atoms with Crippen molar-refractivity contribution >= 4 is 39.3 Å². The molecule has 7 nitrogen and oxygen atoms in total. The van der Waals surface area contributed by atoms with Crippen molar-refractivity contribution in [3.63, 3.8) is 0 Å². The number of nitrogens with zero attached hydrogens (tertiary/aromatic N) is 1. The largest absolute Gasteiger partial charge is 0.497 e. The first-order valence-corrected chi connectivity index (χ1v) is 9.55. The van der Waals surface area contributed by atoms with Crippen molar-refractivity contribution in [1.82, 2.24) is 4.90 Å². The molecular formula is C21H19BrN2O5. The smallest absolute Gasteiger partial charge is 0.323 e. The summed E-state index contributed by atoms with van der Waals surface area (Å²) < 4.78 is 5.96. The Bertz CT molecular complexity index is 983. The molecule has 0 saturated carbocycles. The van der Waals surface area contributed by atoms with E-state index in [4.69, 9.17) is 4.74 Å². The van der Waals surface area contributed by atoms with E-state index in [1.54, 1.807) is 55.6 Å². The zero-order valence-electron chi connectivity index (χ0n) is 15.8. The van der Waals surface area contributed by atoms with Crippen molar-refractivity contribution in [1.29, 1.82) is 0 Å². The fourth-order valence-electron chi connectivity index (χ4n) is 3.28. The number of halogens is 1. The van der Waals surface area contributed by atoms with Crippen LogP contribution in [0, 0.1) is 0 Å². The molecule has 0 radical (unpaired) electrons. The lowest BCUT2D eigenvalue weighted by molar-refractivity contribution is -0.143. The van der Waals surface area contributed by atoms with Crippen molar-refractivity contribution < 1.29 is 24.2 Å². The summed E-state index contributed by atoms with van der Waals surface area (Å²) in [5.41, 5.74) is 1.55. The summed E-state index contributed by atoms with van der Waals surface area (Å²) in [4.78, 5) is 38.2. The van der Waals surface area contributed by atoms with Crippen molar-refractivity contribution in [2.45, 2.75) is 13.0 Å². The molecule has 1 heterocycles. The average molecular weight is 459 g/mol. The van der Waals surface area contributed by atoms with Crippen LogP contribution in [0.5, 0.6) is 5.75 Å². The summed E-state index contributed by atoms with van der Waals surface area (Å²) in [5.74, 6) is -1.36. The second-order valence-electron chi connectivity index (χ2n) is 6.48. The van der Waals surface area contributed by atoms with Crippen LogP contribution >= 0.6 is 15.9 Å². The number of hydrogen-bond acceptors (Lipinski definition) is 5. The quantitative estimate of drug-likeness (QED) is 0.659. The third kappa shape index (κ3) is 4.32. The number of benzene rings is 2. The van der Waals surface area contributed by atoms with Crippen molar-refractivity contribution in [3.05, 3.63) is 69.8 Å². The van der Waals surface area contributed by atoms with Gasteiger partial charge in [0, 0.05) is 10.2 Å². The van der Waals surface area contributed by atoms with Gasteiger partial charge in [-0.05, 0) is 48.9 Å². The van der Waals surface area contributed by atoms with E-state index in [0.717, 1.165) is 4.47 Å². The number of carboxylic acids is 1. The molecular weight excluding hydrogens is 440 g/mol.